The summed E-state index contributed by atoms with van der Waals surface area (Å²) in [6.07, 6.45) is 0.142. The fraction of sp³-hybridized carbons (Fsp3) is 0.600. The molecular weight excluding hydrogens is 152 g/mol. The van der Waals surface area contributed by atoms with Gasteiger partial charge >= 0.3 is 6.03 Å². The number of nitrogens with zero attached hydrogens (tertiary/aromatic N) is 1. The lowest BCUT2D eigenvalue weighted by Crippen LogP contribution is -2.09. The van der Waals surface area contributed by atoms with Crippen LogP contribution in [-0.4, -0.2) is 23.1 Å². The van der Waals surface area contributed by atoms with Gasteiger partial charge < -0.3 is 10.5 Å². The number of hydrogen-bond acceptors (Lipinski definition) is 3. The Kier molecular flexibility index (Phi) is 2.16. The number of carbonyl (C=O) groups is 1. The number of aliphatic imine (C=N–C) groups is 1. The minimum absolute atomic E-state index is 0.142. The Labute approximate surface area is 62.8 Å². The van der Waals surface area contributed by atoms with Gasteiger partial charge in [0.25, 0.3) is 5.23 Å². The molecule has 10 heavy (non-hydrogen) atoms. The molecule has 0 aliphatic carbocycles. The first-order chi connectivity index (χ1) is 4.68. The molecule has 0 aromatic carbocycles. The predicted octanol–water partition coefficient (Wildman–Crippen LogP) is 0.573. The van der Waals surface area contributed by atoms with Gasteiger partial charge in [0.1, 0.15) is 6.10 Å². The van der Waals surface area contributed by atoms with E-state index in [2.05, 4.69) is 4.99 Å². The topological polar surface area (TPSA) is 64.7 Å². The van der Waals surface area contributed by atoms with Crippen LogP contribution in [0.4, 0.5) is 4.79 Å². The van der Waals surface area contributed by atoms with E-state index in [1.54, 1.807) is 0 Å². The van der Waals surface area contributed by atoms with E-state index in [0.717, 1.165) is 5.75 Å². The number of primary amides is 1. The summed E-state index contributed by atoms with van der Waals surface area (Å²) in [6.45, 7) is 1.91. The number of thioether (sulfide) groups is 1. The number of nitrogens with two attached hydrogens (primary N) is 1. The first-order valence-corrected chi connectivity index (χ1v) is 3.84. The lowest BCUT2D eigenvalue weighted by molar-refractivity contribution is 0.244. The second kappa shape index (κ2) is 2.92. The van der Waals surface area contributed by atoms with Crippen molar-refractivity contribution in [1.82, 2.24) is 0 Å². The van der Waals surface area contributed by atoms with Crippen LogP contribution in [0.5, 0.6) is 0 Å². The summed E-state index contributed by atoms with van der Waals surface area (Å²) in [7, 11) is 0. The molecule has 1 rings (SSSR count). The minimum atomic E-state index is -0.698. The van der Waals surface area contributed by atoms with Crippen LogP contribution in [0.2, 0.25) is 0 Å². The number of amides is 2. The molecule has 2 N–H and O–H groups in total. The van der Waals surface area contributed by atoms with E-state index in [9.17, 15) is 4.79 Å². The van der Waals surface area contributed by atoms with Crippen molar-refractivity contribution >= 4 is 23.0 Å². The van der Waals surface area contributed by atoms with Gasteiger partial charge in [-0.1, -0.05) is 11.8 Å². The minimum Gasteiger partial charge on any atom is -0.469 e. The van der Waals surface area contributed by atoms with E-state index in [1.165, 1.54) is 11.8 Å². The molecule has 5 heteroatoms. The highest BCUT2D eigenvalue weighted by Crippen LogP contribution is 2.18. The average molecular weight is 160 g/mol. The Balaban J connectivity index is 2.51. The summed E-state index contributed by atoms with van der Waals surface area (Å²) < 4.78 is 5.08. The first kappa shape index (κ1) is 7.40. The molecule has 0 bridgehead atoms. The van der Waals surface area contributed by atoms with Crippen LogP contribution < -0.4 is 5.73 Å². The Hall–Kier alpha value is -0.710. The van der Waals surface area contributed by atoms with Gasteiger partial charge in [0.05, 0.1) is 0 Å². The van der Waals surface area contributed by atoms with Gasteiger partial charge in [0, 0.05) is 5.75 Å². The number of ether oxygens (including phenoxy) is 1. The van der Waals surface area contributed by atoms with Crippen LogP contribution in [0.3, 0.4) is 0 Å². The Bertz CT molecular complexity index is 180. The third-order valence-electron chi connectivity index (χ3n) is 0.945. The molecule has 0 radical (unpaired) electrons. The van der Waals surface area contributed by atoms with Crippen molar-refractivity contribution in [2.45, 2.75) is 13.0 Å². The monoisotopic (exact) mass is 160 g/mol. The highest BCUT2D eigenvalue weighted by atomic mass is 32.2. The van der Waals surface area contributed by atoms with E-state index in [1.807, 2.05) is 6.92 Å². The molecule has 1 heterocycles. The molecule has 1 unspecified atom stereocenters. The average Bonchev–Trinajstić information content (AvgIpc) is 2.13. The number of hydrogen-bond donors (Lipinski definition) is 1. The van der Waals surface area contributed by atoms with E-state index >= 15 is 0 Å². The van der Waals surface area contributed by atoms with Crippen LogP contribution in [0.25, 0.3) is 0 Å². The smallest absolute Gasteiger partial charge is 0.342 e. The maximum atomic E-state index is 10.2. The van der Waals surface area contributed by atoms with Crippen molar-refractivity contribution in [3.8, 4) is 0 Å². The lowest BCUT2D eigenvalue weighted by Gasteiger charge is -1.97. The maximum absolute atomic E-state index is 10.2. The molecule has 4 nitrogen and oxygen atoms in total. The molecule has 0 saturated carbocycles. The van der Waals surface area contributed by atoms with Gasteiger partial charge in [0.15, 0.2) is 0 Å². The van der Waals surface area contributed by atoms with Crippen LogP contribution in [0.15, 0.2) is 4.99 Å². The molecule has 1 atom stereocenters. The maximum Gasteiger partial charge on any atom is 0.342 e. The summed E-state index contributed by atoms with van der Waals surface area (Å²) in [4.78, 5) is 13.6. The summed E-state index contributed by atoms with van der Waals surface area (Å²) >= 11 is 1.41. The van der Waals surface area contributed by atoms with Crippen molar-refractivity contribution in [1.29, 1.82) is 0 Å². The normalized spacial score (nSPS) is 28.5. The molecule has 1 aliphatic rings. The van der Waals surface area contributed by atoms with Crippen molar-refractivity contribution in [2.75, 3.05) is 5.75 Å². The Morgan fingerprint density at radius 1 is 2.00 bits per heavy atom. The quantitative estimate of drug-likeness (QED) is 0.563. The Morgan fingerprint density at radius 2 is 2.70 bits per heavy atom. The third-order valence-corrected chi connectivity index (χ3v) is 2.02. The molecule has 0 aromatic rings. The zero-order valence-electron chi connectivity index (χ0n) is 5.53. The molecule has 0 spiro atoms. The van der Waals surface area contributed by atoms with Crippen LogP contribution in [0, 0.1) is 0 Å². The second-order valence-corrected chi connectivity index (χ2v) is 2.93. The SMILES string of the molecule is CC1CS/C(=N/C(N)=O)O1. The van der Waals surface area contributed by atoms with Crippen molar-refractivity contribution < 1.29 is 9.53 Å². The number of urea groups is 1. The van der Waals surface area contributed by atoms with Gasteiger partial charge in [0.2, 0.25) is 0 Å². The number of carbonyl (C=O) groups excluding carboxylic acids is 1. The van der Waals surface area contributed by atoms with Gasteiger partial charge in [-0.2, -0.15) is 4.99 Å². The van der Waals surface area contributed by atoms with E-state index in [0.29, 0.717) is 5.23 Å². The summed E-state index contributed by atoms with van der Waals surface area (Å²) in [6, 6.07) is -0.698. The van der Waals surface area contributed by atoms with Crippen LogP contribution in [0.1, 0.15) is 6.92 Å². The highest BCUT2D eigenvalue weighted by molar-refractivity contribution is 8.13. The lowest BCUT2D eigenvalue weighted by atomic mass is 10.5. The zero-order valence-corrected chi connectivity index (χ0v) is 6.35. The largest absolute Gasteiger partial charge is 0.469 e. The van der Waals surface area contributed by atoms with Gasteiger partial charge in [-0.15, -0.1) is 0 Å². The van der Waals surface area contributed by atoms with E-state index in [-0.39, 0.29) is 6.10 Å². The van der Waals surface area contributed by atoms with E-state index < -0.39 is 6.03 Å². The van der Waals surface area contributed by atoms with Gasteiger partial charge in [-0.05, 0) is 6.92 Å². The zero-order chi connectivity index (χ0) is 7.56. The molecule has 0 aromatic heterocycles. The summed E-state index contributed by atoms with van der Waals surface area (Å²) in [5.74, 6) is 0.839. The van der Waals surface area contributed by atoms with Crippen LogP contribution in [-0.2, 0) is 4.74 Å². The van der Waals surface area contributed by atoms with Crippen molar-refractivity contribution in [3.63, 3.8) is 0 Å². The van der Waals surface area contributed by atoms with Crippen molar-refractivity contribution in [2.24, 2.45) is 10.7 Å². The Morgan fingerprint density at radius 3 is 3.10 bits per heavy atom. The molecule has 2 amide bonds. The first-order valence-electron chi connectivity index (χ1n) is 2.86. The fourth-order valence-corrected chi connectivity index (χ4v) is 1.41. The fourth-order valence-electron chi connectivity index (χ4n) is 0.577. The van der Waals surface area contributed by atoms with Gasteiger partial charge in [-0.3, -0.25) is 0 Å². The third kappa shape index (κ3) is 1.91. The summed E-state index contributed by atoms with van der Waals surface area (Å²) in [5, 5.41) is 0.389. The number of rotatable bonds is 0. The molecule has 1 fully saturated rings. The van der Waals surface area contributed by atoms with E-state index in [4.69, 9.17) is 10.5 Å². The molecule has 56 valence electrons. The van der Waals surface area contributed by atoms with Gasteiger partial charge in [-0.25, -0.2) is 4.79 Å². The molecule has 1 saturated heterocycles. The van der Waals surface area contributed by atoms with Crippen LogP contribution >= 0.6 is 11.8 Å². The highest BCUT2D eigenvalue weighted by Gasteiger charge is 2.18. The molecule has 1 aliphatic heterocycles. The second-order valence-electron chi connectivity index (χ2n) is 1.96. The summed E-state index contributed by atoms with van der Waals surface area (Å²) in [5.41, 5.74) is 4.80. The van der Waals surface area contributed by atoms with Crippen molar-refractivity contribution in [3.05, 3.63) is 0 Å². The molecular formula is C5H8N2O2S. The predicted molar refractivity (Wildman–Crippen MR) is 40.0 cm³/mol. The standard InChI is InChI=1S/C5H8N2O2S/c1-3-2-10-5(9-3)7-4(6)8/h3H,2H2,1H3,(H2,6,8)/b7-5+.